The van der Waals surface area contributed by atoms with E-state index in [0.717, 1.165) is 10.6 Å². The number of nitrogens with zero attached hydrogens (tertiary/aromatic N) is 1. The Bertz CT molecular complexity index is 918. The number of amides is 1. The molecule has 1 heterocycles. The number of furan rings is 1. The number of anilines is 1. The van der Waals surface area contributed by atoms with Crippen LogP contribution in [-0.2, 0) is 10.0 Å². The van der Waals surface area contributed by atoms with Crippen LogP contribution in [0.2, 0.25) is 0 Å². The molecular formula is C13H13BrN2O6S. The van der Waals surface area contributed by atoms with Gasteiger partial charge in [0.15, 0.2) is 0 Å². The van der Waals surface area contributed by atoms with Crippen molar-refractivity contribution in [1.29, 1.82) is 0 Å². The lowest BCUT2D eigenvalue weighted by Gasteiger charge is -2.18. The molecule has 0 bridgehead atoms. The summed E-state index contributed by atoms with van der Waals surface area (Å²) in [6, 6.07) is 2.81. The number of nitrogens with one attached hydrogen (secondary N) is 1. The molecule has 0 radical (unpaired) electrons. The van der Waals surface area contributed by atoms with Gasteiger partial charge in [0.25, 0.3) is 5.91 Å². The Kier molecular flexibility index (Phi) is 4.40. The summed E-state index contributed by atoms with van der Waals surface area (Å²) < 4.78 is 30.0. The molecule has 10 heteroatoms. The molecule has 0 saturated carbocycles. The summed E-state index contributed by atoms with van der Waals surface area (Å²) in [6.07, 6.45) is 1.03. The van der Waals surface area contributed by atoms with E-state index >= 15 is 0 Å². The Hall–Kier alpha value is -2.07. The largest absolute Gasteiger partial charge is 0.475 e. The van der Waals surface area contributed by atoms with E-state index in [9.17, 15) is 23.1 Å². The predicted octanol–water partition coefficient (Wildman–Crippen LogP) is 1.65. The first-order chi connectivity index (χ1) is 10.6. The Balaban J connectivity index is 2.81. The maximum absolute atomic E-state index is 11.9. The lowest BCUT2D eigenvalue weighted by Crippen LogP contribution is -2.25. The smallest absolute Gasteiger partial charge is 0.372 e. The van der Waals surface area contributed by atoms with Gasteiger partial charge in [0.05, 0.1) is 11.9 Å². The van der Waals surface area contributed by atoms with Gasteiger partial charge in [-0.3, -0.25) is 9.10 Å². The van der Waals surface area contributed by atoms with Crippen LogP contribution >= 0.6 is 15.9 Å². The van der Waals surface area contributed by atoms with Crippen molar-refractivity contribution in [2.75, 3.05) is 24.7 Å². The molecule has 0 aliphatic carbocycles. The van der Waals surface area contributed by atoms with Crippen molar-refractivity contribution in [2.24, 2.45) is 0 Å². The zero-order valence-electron chi connectivity index (χ0n) is 12.4. The van der Waals surface area contributed by atoms with E-state index in [-0.39, 0.29) is 22.2 Å². The second-order valence-electron chi connectivity index (χ2n) is 4.72. The highest BCUT2D eigenvalue weighted by atomic mass is 79.9. The molecule has 0 aliphatic heterocycles. The zero-order chi connectivity index (χ0) is 17.5. The number of carboxylic acids is 1. The van der Waals surface area contributed by atoms with Crippen LogP contribution < -0.4 is 9.62 Å². The van der Waals surface area contributed by atoms with E-state index in [0.29, 0.717) is 4.47 Å². The van der Waals surface area contributed by atoms with Gasteiger partial charge in [0.2, 0.25) is 15.8 Å². The summed E-state index contributed by atoms with van der Waals surface area (Å²) in [5.41, 5.74) is 0.230. The number of benzene rings is 1. The molecule has 0 unspecified atom stereocenters. The summed E-state index contributed by atoms with van der Waals surface area (Å²) >= 11 is 3.24. The lowest BCUT2D eigenvalue weighted by molar-refractivity contribution is 0.0658. The number of hydrogen-bond acceptors (Lipinski definition) is 5. The van der Waals surface area contributed by atoms with Crippen LogP contribution in [0.25, 0.3) is 11.0 Å². The van der Waals surface area contributed by atoms with Crippen molar-refractivity contribution in [3.05, 3.63) is 27.9 Å². The van der Waals surface area contributed by atoms with Crippen LogP contribution in [-0.4, -0.2) is 45.8 Å². The first-order valence-electron chi connectivity index (χ1n) is 6.23. The fraction of sp³-hybridized carbons (Fsp3) is 0.231. The van der Waals surface area contributed by atoms with E-state index < -0.39 is 27.7 Å². The van der Waals surface area contributed by atoms with Gasteiger partial charge < -0.3 is 14.8 Å². The lowest BCUT2D eigenvalue weighted by atomic mass is 10.1. The summed E-state index contributed by atoms with van der Waals surface area (Å²) in [7, 11) is -0.804. The minimum Gasteiger partial charge on any atom is -0.475 e. The second kappa shape index (κ2) is 5.85. The topological polar surface area (TPSA) is 117 Å². The van der Waals surface area contributed by atoms with Gasteiger partial charge in [-0.2, -0.15) is 0 Å². The van der Waals surface area contributed by atoms with Crippen molar-refractivity contribution in [3.8, 4) is 0 Å². The third kappa shape index (κ3) is 3.04. The predicted molar refractivity (Wildman–Crippen MR) is 87.5 cm³/mol. The van der Waals surface area contributed by atoms with E-state index in [1.54, 1.807) is 0 Å². The first kappa shape index (κ1) is 17.3. The van der Waals surface area contributed by atoms with Gasteiger partial charge in [0, 0.05) is 30.0 Å². The average molecular weight is 405 g/mol. The number of carbonyl (C=O) groups excluding carboxylic acids is 1. The van der Waals surface area contributed by atoms with Crippen LogP contribution in [0.3, 0.4) is 0 Å². The molecule has 1 amide bonds. The van der Waals surface area contributed by atoms with E-state index in [4.69, 9.17) is 4.42 Å². The minimum absolute atomic E-state index is 0.0923. The third-order valence-corrected chi connectivity index (χ3v) is 5.07. The number of fused-ring (bicyclic) bond motifs is 1. The van der Waals surface area contributed by atoms with Crippen molar-refractivity contribution in [2.45, 2.75) is 0 Å². The molecule has 0 aliphatic rings. The Morgan fingerprint density at radius 2 is 1.96 bits per heavy atom. The molecule has 8 nitrogen and oxygen atoms in total. The zero-order valence-corrected chi connectivity index (χ0v) is 14.8. The van der Waals surface area contributed by atoms with Crippen molar-refractivity contribution >= 4 is 54.5 Å². The number of aromatic carboxylic acids is 1. The Morgan fingerprint density at radius 3 is 2.43 bits per heavy atom. The Morgan fingerprint density at radius 1 is 1.35 bits per heavy atom. The first-order valence-corrected chi connectivity index (χ1v) is 8.87. The van der Waals surface area contributed by atoms with Gasteiger partial charge in [0.1, 0.15) is 11.1 Å². The van der Waals surface area contributed by atoms with E-state index in [1.165, 1.54) is 26.2 Å². The molecule has 1 aromatic heterocycles. The molecule has 0 atom stereocenters. The number of hydrogen-bond donors (Lipinski definition) is 2. The van der Waals surface area contributed by atoms with Crippen LogP contribution in [0.1, 0.15) is 20.9 Å². The van der Waals surface area contributed by atoms with Gasteiger partial charge >= 0.3 is 5.97 Å². The maximum atomic E-state index is 11.9. The van der Waals surface area contributed by atoms with Gasteiger partial charge in [-0.15, -0.1) is 0 Å². The monoisotopic (exact) mass is 404 g/mol. The summed E-state index contributed by atoms with van der Waals surface area (Å²) in [4.78, 5) is 23.2. The highest BCUT2D eigenvalue weighted by Crippen LogP contribution is 2.36. The fourth-order valence-electron chi connectivity index (χ4n) is 2.03. The van der Waals surface area contributed by atoms with E-state index in [2.05, 4.69) is 21.2 Å². The summed E-state index contributed by atoms with van der Waals surface area (Å²) in [5.74, 6) is -2.52. The molecule has 0 saturated heterocycles. The fourth-order valence-corrected chi connectivity index (χ4v) is 3.26. The Labute approximate surface area is 140 Å². The second-order valence-corrected chi connectivity index (χ2v) is 7.59. The van der Waals surface area contributed by atoms with Crippen molar-refractivity contribution < 1.29 is 27.5 Å². The normalized spacial score (nSPS) is 11.5. The van der Waals surface area contributed by atoms with Crippen LogP contribution in [0.5, 0.6) is 0 Å². The van der Waals surface area contributed by atoms with Gasteiger partial charge in [-0.1, -0.05) is 0 Å². The van der Waals surface area contributed by atoms with Crippen LogP contribution in [0, 0.1) is 0 Å². The molecule has 0 spiro atoms. The molecule has 1 aromatic carbocycles. The van der Waals surface area contributed by atoms with Gasteiger partial charge in [-0.25, -0.2) is 13.2 Å². The SMILES string of the molecule is CNC(=O)c1c(C(=O)O)oc2cc(N(C)S(C)(=O)=O)c(Br)cc12. The van der Waals surface area contributed by atoms with Crippen molar-refractivity contribution in [3.63, 3.8) is 0 Å². The molecule has 2 N–H and O–H groups in total. The quantitative estimate of drug-likeness (QED) is 0.799. The maximum Gasteiger partial charge on any atom is 0.372 e. The van der Waals surface area contributed by atoms with E-state index in [1.807, 2.05) is 0 Å². The molecule has 124 valence electrons. The summed E-state index contributed by atoms with van der Waals surface area (Å²) in [6.45, 7) is 0. The minimum atomic E-state index is -3.52. The van der Waals surface area contributed by atoms with Crippen LogP contribution in [0.15, 0.2) is 21.0 Å². The highest BCUT2D eigenvalue weighted by Gasteiger charge is 2.27. The van der Waals surface area contributed by atoms with Gasteiger partial charge in [-0.05, 0) is 22.0 Å². The number of halogens is 1. The number of sulfonamides is 1. The number of carbonyl (C=O) groups is 2. The molecule has 0 fully saturated rings. The molecule has 23 heavy (non-hydrogen) atoms. The highest BCUT2D eigenvalue weighted by molar-refractivity contribution is 9.10. The number of carboxylic acid groups (broad SMARTS) is 1. The standard InChI is InChI=1S/C13H13BrN2O6S/c1-15-12(17)10-6-4-7(14)8(16(2)23(3,20)21)5-9(6)22-11(10)13(18)19/h4-5H,1-3H3,(H,15,17)(H,18,19). The summed E-state index contributed by atoms with van der Waals surface area (Å²) in [5, 5.41) is 11.8. The average Bonchev–Trinajstić information content (AvgIpc) is 2.82. The van der Waals surface area contributed by atoms with Crippen LogP contribution in [0.4, 0.5) is 5.69 Å². The molecular weight excluding hydrogens is 392 g/mol. The number of rotatable bonds is 4. The van der Waals surface area contributed by atoms with Crippen molar-refractivity contribution in [1.82, 2.24) is 5.32 Å². The third-order valence-electron chi connectivity index (χ3n) is 3.24. The molecule has 2 rings (SSSR count). The molecule has 2 aromatic rings.